The van der Waals surface area contributed by atoms with Gasteiger partial charge in [0.25, 0.3) is 0 Å². The number of carbonyl (C=O) groups is 2. The number of nitrogens with one attached hydrogen (secondary N) is 1. The lowest BCUT2D eigenvalue weighted by Crippen LogP contribution is -2.51. The van der Waals surface area contributed by atoms with E-state index in [2.05, 4.69) is 12.2 Å². The van der Waals surface area contributed by atoms with Gasteiger partial charge in [0, 0.05) is 30.7 Å². The van der Waals surface area contributed by atoms with Gasteiger partial charge in [0.1, 0.15) is 6.04 Å². The fourth-order valence-electron chi connectivity index (χ4n) is 2.81. The zero-order valence-corrected chi connectivity index (χ0v) is 15.6. The number of thioether (sulfide) groups is 1. The molecule has 1 aliphatic rings. The number of carbonyl (C=O) groups excluding carboxylic acids is 2. The molecule has 4 nitrogen and oxygen atoms in total. The Morgan fingerprint density at radius 2 is 1.96 bits per heavy atom. The van der Waals surface area contributed by atoms with Crippen molar-refractivity contribution in [2.45, 2.75) is 43.8 Å². The molecule has 1 atom stereocenters. The highest BCUT2D eigenvalue weighted by Crippen LogP contribution is 2.32. The monoisotopic (exact) mass is 388 g/mol. The van der Waals surface area contributed by atoms with Gasteiger partial charge in [-0.3, -0.25) is 9.59 Å². The van der Waals surface area contributed by atoms with Crippen LogP contribution in [0.3, 0.4) is 0 Å². The van der Waals surface area contributed by atoms with Crippen molar-refractivity contribution in [2.24, 2.45) is 5.92 Å². The van der Waals surface area contributed by atoms with Crippen molar-refractivity contribution in [1.29, 1.82) is 0 Å². The first-order valence-electron chi connectivity index (χ1n) is 8.52. The van der Waals surface area contributed by atoms with Crippen LogP contribution < -0.4 is 5.32 Å². The third-order valence-corrected chi connectivity index (χ3v) is 5.44. The quantitative estimate of drug-likeness (QED) is 0.785. The second-order valence-electron chi connectivity index (χ2n) is 6.60. The lowest BCUT2D eigenvalue weighted by molar-refractivity contribution is -0.138. The largest absolute Gasteiger partial charge is 0.416 e. The highest BCUT2D eigenvalue weighted by atomic mass is 32.2. The third-order valence-electron chi connectivity index (χ3n) is 4.35. The van der Waals surface area contributed by atoms with Crippen molar-refractivity contribution in [3.05, 3.63) is 29.8 Å². The minimum absolute atomic E-state index is 0.174. The van der Waals surface area contributed by atoms with Crippen molar-refractivity contribution in [2.75, 3.05) is 18.8 Å². The van der Waals surface area contributed by atoms with E-state index in [1.165, 1.54) is 13.0 Å². The van der Waals surface area contributed by atoms with E-state index in [-0.39, 0.29) is 17.6 Å². The Hall–Kier alpha value is -1.70. The van der Waals surface area contributed by atoms with Gasteiger partial charge in [0.05, 0.1) is 5.56 Å². The summed E-state index contributed by atoms with van der Waals surface area (Å²) in [5.41, 5.74) is -0.727. The molecule has 0 aliphatic carbocycles. The maximum Gasteiger partial charge on any atom is 0.416 e. The number of piperidine rings is 1. The first-order valence-corrected chi connectivity index (χ1v) is 9.51. The molecule has 1 aromatic rings. The van der Waals surface area contributed by atoms with E-state index in [4.69, 9.17) is 0 Å². The Bertz CT molecular complexity index is 644. The van der Waals surface area contributed by atoms with Crippen LogP contribution in [-0.2, 0) is 15.8 Å². The van der Waals surface area contributed by atoms with Gasteiger partial charge in [0.2, 0.25) is 11.8 Å². The summed E-state index contributed by atoms with van der Waals surface area (Å²) in [6.45, 7) is 4.75. The highest BCUT2D eigenvalue weighted by Gasteiger charge is 2.31. The van der Waals surface area contributed by atoms with Gasteiger partial charge in [0.15, 0.2) is 0 Å². The molecule has 0 aromatic heterocycles. The summed E-state index contributed by atoms with van der Waals surface area (Å²) >= 11 is 1.13. The lowest BCUT2D eigenvalue weighted by atomic mass is 9.99. The van der Waals surface area contributed by atoms with Crippen molar-refractivity contribution >= 4 is 23.6 Å². The number of rotatable bonds is 5. The predicted molar refractivity (Wildman–Crippen MR) is 94.8 cm³/mol. The van der Waals surface area contributed by atoms with Crippen LogP contribution in [0.2, 0.25) is 0 Å². The molecule has 1 aliphatic heterocycles. The summed E-state index contributed by atoms with van der Waals surface area (Å²) in [5.74, 6) is 0.244. The van der Waals surface area contributed by atoms with Gasteiger partial charge < -0.3 is 10.2 Å². The molecule has 26 heavy (non-hydrogen) atoms. The Kier molecular flexibility index (Phi) is 6.97. The van der Waals surface area contributed by atoms with Crippen LogP contribution in [0, 0.1) is 5.92 Å². The van der Waals surface area contributed by atoms with E-state index in [1.807, 2.05) is 0 Å². The topological polar surface area (TPSA) is 49.4 Å². The molecule has 1 N–H and O–H groups in total. The smallest absolute Gasteiger partial charge is 0.344 e. The fourth-order valence-corrected chi connectivity index (χ4v) is 3.78. The first-order chi connectivity index (χ1) is 12.2. The molecule has 2 amide bonds. The Balaban J connectivity index is 2.04. The first kappa shape index (κ1) is 20.6. The van der Waals surface area contributed by atoms with E-state index in [1.54, 1.807) is 11.0 Å². The number of benzene rings is 1. The van der Waals surface area contributed by atoms with Crippen molar-refractivity contribution in [3.63, 3.8) is 0 Å². The predicted octanol–water partition coefficient (Wildman–Crippen LogP) is 3.56. The van der Waals surface area contributed by atoms with Gasteiger partial charge >= 0.3 is 6.18 Å². The van der Waals surface area contributed by atoms with E-state index < -0.39 is 17.8 Å². The maximum absolute atomic E-state index is 12.8. The summed E-state index contributed by atoms with van der Waals surface area (Å²) in [4.78, 5) is 26.3. The molecule has 1 fully saturated rings. The number of nitrogens with zero attached hydrogens (tertiary/aromatic N) is 1. The molecule has 0 spiro atoms. The summed E-state index contributed by atoms with van der Waals surface area (Å²) in [6, 6.07) is 4.22. The van der Waals surface area contributed by atoms with Crippen LogP contribution >= 0.6 is 11.8 Å². The van der Waals surface area contributed by atoms with Gasteiger partial charge in [-0.2, -0.15) is 13.2 Å². The average molecular weight is 388 g/mol. The van der Waals surface area contributed by atoms with Gasteiger partial charge in [-0.25, -0.2) is 0 Å². The van der Waals surface area contributed by atoms with Crippen LogP contribution in [0.15, 0.2) is 29.2 Å². The standard InChI is InChI=1S/C18H23F3N2O2S/c1-12-6-8-23(9-7-12)17(25)16(22-13(2)24)11-26-15-5-3-4-14(10-15)18(19,20)21/h3-5,10,12,16H,6-9,11H2,1-2H3,(H,22,24). The molecule has 2 rings (SSSR count). The lowest BCUT2D eigenvalue weighted by Gasteiger charge is -2.33. The zero-order chi connectivity index (χ0) is 19.3. The summed E-state index contributed by atoms with van der Waals surface area (Å²) < 4.78 is 38.4. The van der Waals surface area contributed by atoms with Crippen LogP contribution in [0.4, 0.5) is 13.2 Å². The maximum atomic E-state index is 12.8. The number of alkyl halides is 3. The molecule has 1 unspecified atom stereocenters. The molecule has 144 valence electrons. The summed E-state index contributed by atoms with van der Waals surface area (Å²) in [7, 11) is 0. The second kappa shape index (κ2) is 8.79. The van der Waals surface area contributed by atoms with Crippen molar-refractivity contribution < 1.29 is 22.8 Å². The van der Waals surface area contributed by atoms with Gasteiger partial charge in [-0.15, -0.1) is 11.8 Å². The van der Waals surface area contributed by atoms with Gasteiger partial charge in [-0.1, -0.05) is 13.0 Å². The molecule has 0 saturated carbocycles. The molecule has 8 heteroatoms. The van der Waals surface area contributed by atoms with Crippen LogP contribution in [0.25, 0.3) is 0 Å². The van der Waals surface area contributed by atoms with E-state index in [0.717, 1.165) is 36.7 Å². The van der Waals surface area contributed by atoms with E-state index >= 15 is 0 Å². The number of halogens is 3. The number of likely N-dealkylation sites (tertiary alicyclic amines) is 1. The van der Waals surface area contributed by atoms with Crippen molar-refractivity contribution in [3.8, 4) is 0 Å². The van der Waals surface area contributed by atoms with Crippen LogP contribution in [0.5, 0.6) is 0 Å². The second-order valence-corrected chi connectivity index (χ2v) is 7.69. The molecule has 1 saturated heterocycles. The minimum atomic E-state index is -4.41. The SMILES string of the molecule is CC(=O)NC(CSc1cccc(C(F)(F)F)c1)C(=O)N1CCC(C)CC1. The number of hydrogen-bond acceptors (Lipinski definition) is 3. The molecule has 1 heterocycles. The van der Waals surface area contributed by atoms with Crippen LogP contribution in [0.1, 0.15) is 32.3 Å². The summed E-state index contributed by atoms with van der Waals surface area (Å²) in [5, 5.41) is 2.63. The Morgan fingerprint density at radius 1 is 1.31 bits per heavy atom. The molecule has 1 aromatic carbocycles. The molecular weight excluding hydrogens is 365 g/mol. The zero-order valence-electron chi connectivity index (χ0n) is 14.8. The summed E-state index contributed by atoms with van der Waals surface area (Å²) in [6.07, 6.45) is -2.58. The highest BCUT2D eigenvalue weighted by molar-refractivity contribution is 7.99. The van der Waals surface area contributed by atoms with E-state index in [9.17, 15) is 22.8 Å². The molecule has 0 radical (unpaired) electrons. The number of amides is 2. The third kappa shape index (κ3) is 5.93. The van der Waals surface area contributed by atoms with Crippen molar-refractivity contribution in [1.82, 2.24) is 10.2 Å². The Labute approximate surface area is 155 Å². The fraction of sp³-hybridized carbons (Fsp3) is 0.556. The average Bonchev–Trinajstić information content (AvgIpc) is 2.58. The minimum Gasteiger partial charge on any atom is -0.344 e. The van der Waals surface area contributed by atoms with Crippen LogP contribution in [-0.4, -0.2) is 41.6 Å². The van der Waals surface area contributed by atoms with Gasteiger partial charge in [-0.05, 0) is 37.0 Å². The van der Waals surface area contributed by atoms with E-state index in [0.29, 0.717) is 23.9 Å². The normalized spacial score (nSPS) is 17.0. The number of hydrogen-bond donors (Lipinski definition) is 1. The molecule has 0 bridgehead atoms. The Morgan fingerprint density at radius 3 is 2.54 bits per heavy atom. The molecular formula is C18H23F3N2O2S.